The predicted molar refractivity (Wildman–Crippen MR) is 97.7 cm³/mol. The van der Waals surface area contributed by atoms with Gasteiger partial charge in [-0.1, -0.05) is 51.1 Å². The summed E-state index contributed by atoms with van der Waals surface area (Å²) in [5.74, 6) is 0.218. The zero-order valence-electron chi connectivity index (χ0n) is 16.0. The molecule has 1 aliphatic heterocycles. The number of carbonyl (C=O) groups excluding carboxylic acids is 1. The van der Waals surface area contributed by atoms with Crippen LogP contribution in [0, 0.1) is 5.92 Å². The minimum atomic E-state index is -3.98. The first-order valence-electron chi connectivity index (χ1n) is 9.41. The number of fused-ring (bicyclic) bond motifs is 1. The van der Waals surface area contributed by atoms with Gasteiger partial charge >= 0.3 is 6.18 Å². The van der Waals surface area contributed by atoms with Crippen molar-refractivity contribution in [2.45, 2.75) is 65.1 Å². The predicted octanol–water partition coefficient (Wildman–Crippen LogP) is 5.39. The Labute approximate surface area is 157 Å². The molecule has 148 valence electrons. The monoisotopic (exact) mass is 381 g/mol. The molecule has 27 heavy (non-hydrogen) atoms. The van der Waals surface area contributed by atoms with E-state index in [0.29, 0.717) is 12.2 Å². The van der Waals surface area contributed by atoms with Gasteiger partial charge in [0.05, 0.1) is 12.0 Å². The second kappa shape index (κ2) is 9.15. The Morgan fingerprint density at radius 2 is 1.81 bits per heavy atom. The van der Waals surface area contributed by atoms with Crippen molar-refractivity contribution in [2.24, 2.45) is 5.92 Å². The third-order valence-electron chi connectivity index (χ3n) is 4.84. The van der Waals surface area contributed by atoms with Crippen molar-refractivity contribution >= 4 is 5.78 Å². The number of ketones is 1. The van der Waals surface area contributed by atoms with E-state index in [1.54, 1.807) is 13.8 Å². The fourth-order valence-electron chi connectivity index (χ4n) is 3.17. The van der Waals surface area contributed by atoms with Crippen molar-refractivity contribution in [3.63, 3.8) is 0 Å². The molecule has 0 bridgehead atoms. The molecule has 0 spiro atoms. The first-order chi connectivity index (χ1) is 12.8. The minimum absolute atomic E-state index is 0.0173. The van der Waals surface area contributed by atoms with Crippen LogP contribution in [0.4, 0.5) is 13.2 Å². The summed E-state index contributed by atoms with van der Waals surface area (Å²) in [6.45, 7) is 4.95. The Morgan fingerprint density at radius 1 is 1.19 bits per heavy atom. The van der Waals surface area contributed by atoms with E-state index < -0.39 is 12.1 Å². The van der Waals surface area contributed by atoms with E-state index in [9.17, 15) is 18.0 Å². The molecular weight excluding hydrogens is 355 g/mol. The third-order valence-corrected chi connectivity index (χ3v) is 4.84. The Kier molecular flexibility index (Phi) is 7.16. The van der Waals surface area contributed by atoms with Gasteiger partial charge in [0.1, 0.15) is 5.82 Å². The SMILES string of the molecule is CCC(=O)c1nc2n(n1)C(c1ccccc1)CC2.CCC(CC)C(F)(F)F. The molecular formula is C20H26F3N3O. The number of nitrogens with zero attached hydrogens (tertiary/aromatic N) is 3. The normalized spacial score (nSPS) is 16.0. The van der Waals surface area contributed by atoms with Gasteiger partial charge in [-0.3, -0.25) is 4.79 Å². The highest BCUT2D eigenvalue weighted by Crippen LogP contribution is 2.31. The lowest BCUT2D eigenvalue weighted by molar-refractivity contribution is -0.175. The molecule has 7 heteroatoms. The summed E-state index contributed by atoms with van der Waals surface area (Å²) >= 11 is 0. The van der Waals surface area contributed by atoms with Crippen LogP contribution < -0.4 is 0 Å². The lowest BCUT2D eigenvalue weighted by Crippen LogP contribution is -2.20. The van der Waals surface area contributed by atoms with Crippen LogP contribution in [0.1, 0.15) is 74.5 Å². The average Bonchev–Trinajstić information content (AvgIpc) is 3.23. The van der Waals surface area contributed by atoms with E-state index in [1.807, 2.05) is 29.8 Å². The van der Waals surface area contributed by atoms with Gasteiger partial charge in [-0.25, -0.2) is 9.67 Å². The molecule has 1 atom stereocenters. The Hall–Kier alpha value is -2.18. The molecule has 2 aromatic rings. The van der Waals surface area contributed by atoms with E-state index in [1.165, 1.54) is 5.56 Å². The molecule has 3 rings (SSSR count). The van der Waals surface area contributed by atoms with Crippen LogP contribution in [-0.2, 0) is 6.42 Å². The highest BCUT2D eigenvalue weighted by Gasteiger charge is 2.36. The summed E-state index contributed by atoms with van der Waals surface area (Å²) in [5, 5.41) is 4.38. The zero-order valence-corrected chi connectivity index (χ0v) is 16.0. The van der Waals surface area contributed by atoms with Crippen LogP contribution in [0.2, 0.25) is 0 Å². The zero-order chi connectivity index (χ0) is 20.0. The molecule has 1 aromatic heterocycles. The Balaban J connectivity index is 0.000000249. The third kappa shape index (κ3) is 5.17. The van der Waals surface area contributed by atoms with E-state index in [2.05, 4.69) is 22.2 Å². The second-order valence-electron chi connectivity index (χ2n) is 6.59. The van der Waals surface area contributed by atoms with Crippen LogP contribution in [-0.4, -0.2) is 26.7 Å². The molecule has 0 N–H and O–H groups in total. The Morgan fingerprint density at radius 3 is 2.30 bits per heavy atom. The van der Waals surface area contributed by atoms with Crippen LogP contribution in [0.5, 0.6) is 0 Å². The van der Waals surface area contributed by atoms with Gasteiger partial charge in [-0.15, -0.1) is 5.10 Å². The maximum Gasteiger partial charge on any atom is 0.391 e. The number of Topliss-reactive ketones (excluding diaryl/α,β-unsaturated/α-hetero) is 1. The van der Waals surface area contributed by atoms with Crippen molar-refractivity contribution < 1.29 is 18.0 Å². The molecule has 4 nitrogen and oxygen atoms in total. The molecule has 0 aliphatic carbocycles. The number of aryl methyl sites for hydroxylation is 1. The van der Waals surface area contributed by atoms with Gasteiger partial charge in [-0.2, -0.15) is 13.2 Å². The number of benzene rings is 1. The summed E-state index contributed by atoms with van der Waals surface area (Å²) in [7, 11) is 0. The van der Waals surface area contributed by atoms with Crippen molar-refractivity contribution in [1.29, 1.82) is 0 Å². The molecule has 0 radical (unpaired) electrons. The molecule has 1 aliphatic rings. The number of rotatable bonds is 5. The molecule has 1 unspecified atom stereocenters. The van der Waals surface area contributed by atoms with Crippen LogP contribution in [0.25, 0.3) is 0 Å². The number of halogens is 3. The Bertz CT molecular complexity index is 737. The topological polar surface area (TPSA) is 47.8 Å². The molecule has 0 saturated carbocycles. The van der Waals surface area contributed by atoms with Crippen molar-refractivity contribution in [3.05, 3.63) is 47.5 Å². The van der Waals surface area contributed by atoms with Crippen molar-refractivity contribution in [2.75, 3.05) is 0 Å². The standard InChI is InChI=1S/C14H15N3O.C6H11F3/c1-2-12(18)14-15-13-9-8-11(17(13)16-14)10-6-4-3-5-7-10;1-3-5(4-2)6(7,8)9/h3-7,11H,2,8-9H2,1H3;5H,3-4H2,1-2H3. The maximum atomic E-state index is 11.7. The number of hydrogen-bond acceptors (Lipinski definition) is 3. The fourth-order valence-corrected chi connectivity index (χ4v) is 3.17. The number of aromatic nitrogens is 3. The molecule has 0 amide bonds. The highest BCUT2D eigenvalue weighted by molar-refractivity contribution is 5.92. The van der Waals surface area contributed by atoms with Gasteiger partial charge in [0, 0.05) is 12.8 Å². The largest absolute Gasteiger partial charge is 0.391 e. The smallest absolute Gasteiger partial charge is 0.291 e. The van der Waals surface area contributed by atoms with Crippen LogP contribution >= 0.6 is 0 Å². The van der Waals surface area contributed by atoms with E-state index >= 15 is 0 Å². The minimum Gasteiger partial charge on any atom is -0.291 e. The van der Waals surface area contributed by atoms with Gasteiger partial charge in [-0.05, 0) is 24.8 Å². The molecule has 1 aromatic carbocycles. The maximum absolute atomic E-state index is 11.7. The summed E-state index contributed by atoms with van der Waals surface area (Å²) < 4.78 is 37.1. The van der Waals surface area contributed by atoms with Gasteiger partial charge in [0.2, 0.25) is 11.6 Å². The van der Waals surface area contributed by atoms with Crippen LogP contribution in [0.15, 0.2) is 30.3 Å². The summed E-state index contributed by atoms with van der Waals surface area (Å²) in [5.41, 5.74) is 1.23. The number of carbonyl (C=O) groups is 1. The first kappa shape index (κ1) is 21.1. The van der Waals surface area contributed by atoms with Gasteiger partial charge in [0.15, 0.2) is 0 Å². The first-order valence-corrected chi connectivity index (χ1v) is 9.41. The lowest BCUT2D eigenvalue weighted by Gasteiger charge is -2.15. The molecule has 2 heterocycles. The van der Waals surface area contributed by atoms with Crippen molar-refractivity contribution in [1.82, 2.24) is 14.8 Å². The van der Waals surface area contributed by atoms with Gasteiger partial charge < -0.3 is 0 Å². The molecule has 0 saturated heterocycles. The van der Waals surface area contributed by atoms with E-state index in [0.717, 1.165) is 18.7 Å². The van der Waals surface area contributed by atoms with E-state index in [-0.39, 0.29) is 24.7 Å². The van der Waals surface area contributed by atoms with Crippen molar-refractivity contribution in [3.8, 4) is 0 Å². The fraction of sp³-hybridized carbons (Fsp3) is 0.550. The van der Waals surface area contributed by atoms with E-state index in [4.69, 9.17) is 0 Å². The summed E-state index contributed by atoms with van der Waals surface area (Å²) in [6, 6.07) is 10.5. The summed E-state index contributed by atoms with van der Waals surface area (Å²) in [4.78, 5) is 16.0. The second-order valence-corrected chi connectivity index (χ2v) is 6.59. The quantitative estimate of drug-likeness (QED) is 0.652. The van der Waals surface area contributed by atoms with Crippen LogP contribution in [0.3, 0.4) is 0 Å². The summed E-state index contributed by atoms with van der Waals surface area (Å²) in [6.07, 6.45) is -1.23. The van der Waals surface area contributed by atoms with Gasteiger partial charge in [0.25, 0.3) is 0 Å². The molecule has 0 fully saturated rings. The lowest BCUT2D eigenvalue weighted by atomic mass is 10.0. The highest BCUT2D eigenvalue weighted by atomic mass is 19.4. The number of alkyl halides is 3. The average molecular weight is 381 g/mol. The number of hydrogen-bond donors (Lipinski definition) is 0.